The lowest BCUT2D eigenvalue weighted by Crippen LogP contribution is -2.45. The van der Waals surface area contributed by atoms with Crippen molar-refractivity contribution >= 4 is 15.7 Å². The van der Waals surface area contributed by atoms with Crippen molar-refractivity contribution in [2.75, 3.05) is 25.0 Å². The highest BCUT2D eigenvalue weighted by atomic mass is 32.2. The Balaban J connectivity index is 1.69. The molecule has 0 aliphatic carbocycles. The number of hydrogen-bond donors (Lipinski definition) is 0. The van der Waals surface area contributed by atoms with Crippen LogP contribution in [0.2, 0.25) is 0 Å². The van der Waals surface area contributed by atoms with Crippen LogP contribution in [-0.4, -0.2) is 38.9 Å². The van der Waals surface area contributed by atoms with Crippen LogP contribution in [0.15, 0.2) is 53.4 Å². The summed E-state index contributed by atoms with van der Waals surface area (Å²) in [7, 11) is -1.49. The molecule has 134 valence electrons. The molecule has 0 spiro atoms. The van der Waals surface area contributed by atoms with E-state index in [1.54, 1.807) is 34.6 Å². The normalized spacial score (nSPS) is 16.8. The van der Waals surface area contributed by atoms with Gasteiger partial charge in [0.2, 0.25) is 10.0 Å². The number of piperidine rings is 1. The summed E-state index contributed by atoms with van der Waals surface area (Å²) in [6.07, 6.45) is 1.44. The highest BCUT2D eigenvalue weighted by molar-refractivity contribution is 7.89. The fraction of sp³-hybridized carbons (Fsp3) is 0.368. The van der Waals surface area contributed by atoms with Gasteiger partial charge in [-0.3, -0.25) is 0 Å². The second kappa shape index (κ2) is 7.14. The van der Waals surface area contributed by atoms with Crippen LogP contribution in [0.3, 0.4) is 0 Å². The van der Waals surface area contributed by atoms with Gasteiger partial charge < -0.3 is 4.90 Å². The molecule has 0 radical (unpaired) electrons. The average Bonchev–Trinajstić information content (AvgIpc) is 2.61. The molecule has 1 aliphatic rings. The smallest absolute Gasteiger partial charge is 0.243 e. The third kappa shape index (κ3) is 3.85. The van der Waals surface area contributed by atoms with E-state index >= 15 is 0 Å². The van der Waals surface area contributed by atoms with Crippen molar-refractivity contribution in [3.8, 4) is 0 Å². The number of benzene rings is 2. The van der Waals surface area contributed by atoms with Crippen LogP contribution in [0.1, 0.15) is 18.4 Å². The summed E-state index contributed by atoms with van der Waals surface area (Å²) in [5, 5.41) is 0. The lowest BCUT2D eigenvalue weighted by molar-refractivity contribution is 0.314. The number of rotatable bonds is 4. The third-order valence-electron chi connectivity index (χ3n) is 4.79. The van der Waals surface area contributed by atoms with Gasteiger partial charge >= 0.3 is 0 Å². The Morgan fingerprint density at radius 2 is 1.72 bits per heavy atom. The molecule has 0 saturated carbocycles. The maximum atomic E-state index is 13.6. The van der Waals surface area contributed by atoms with Crippen LogP contribution in [0.25, 0.3) is 0 Å². The molecule has 1 aliphatic heterocycles. The molecule has 25 heavy (non-hydrogen) atoms. The van der Waals surface area contributed by atoms with E-state index in [9.17, 15) is 12.8 Å². The molecule has 1 fully saturated rings. The molecule has 6 heteroatoms. The molecule has 1 heterocycles. The van der Waals surface area contributed by atoms with Crippen molar-refractivity contribution < 1.29 is 12.8 Å². The van der Waals surface area contributed by atoms with Crippen molar-refractivity contribution in [3.05, 3.63) is 59.9 Å². The molecule has 0 amide bonds. The lowest BCUT2D eigenvalue weighted by atomic mass is 10.0. The van der Waals surface area contributed by atoms with Gasteiger partial charge in [-0.2, -0.15) is 4.31 Å². The monoisotopic (exact) mass is 362 g/mol. The Kier molecular flexibility index (Phi) is 5.11. The number of sulfonamides is 1. The van der Waals surface area contributed by atoms with E-state index in [-0.39, 0.29) is 11.9 Å². The van der Waals surface area contributed by atoms with Crippen molar-refractivity contribution in [1.82, 2.24) is 4.31 Å². The quantitative estimate of drug-likeness (QED) is 0.837. The highest BCUT2D eigenvalue weighted by Gasteiger charge is 2.30. The molecular weight excluding hydrogens is 339 g/mol. The van der Waals surface area contributed by atoms with Gasteiger partial charge in [-0.25, -0.2) is 12.8 Å². The van der Waals surface area contributed by atoms with Crippen molar-refractivity contribution in [2.45, 2.75) is 30.7 Å². The number of halogens is 1. The first-order valence-electron chi connectivity index (χ1n) is 8.43. The van der Waals surface area contributed by atoms with E-state index in [1.807, 2.05) is 20.0 Å². The van der Waals surface area contributed by atoms with Gasteiger partial charge in [-0.05, 0) is 55.7 Å². The van der Waals surface area contributed by atoms with Gasteiger partial charge in [0, 0.05) is 31.9 Å². The molecular formula is C19H23FN2O2S. The molecule has 4 nitrogen and oxygen atoms in total. The predicted molar refractivity (Wildman–Crippen MR) is 97.8 cm³/mol. The number of nitrogens with zero attached hydrogens (tertiary/aromatic N) is 2. The van der Waals surface area contributed by atoms with Crippen molar-refractivity contribution in [2.24, 2.45) is 0 Å². The van der Waals surface area contributed by atoms with E-state index in [4.69, 9.17) is 0 Å². The lowest BCUT2D eigenvalue weighted by Gasteiger charge is -2.37. The fourth-order valence-corrected chi connectivity index (χ4v) is 4.83. The summed E-state index contributed by atoms with van der Waals surface area (Å²) in [5.74, 6) is -0.244. The Hall–Kier alpha value is -1.92. The first kappa shape index (κ1) is 17.9. The third-order valence-corrected chi connectivity index (χ3v) is 6.70. The summed E-state index contributed by atoms with van der Waals surface area (Å²) >= 11 is 0. The summed E-state index contributed by atoms with van der Waals surface area (Å²) in [6, 6.07) is 13.7. The van der Waals surface area contributed by atoms with Gasteiger partial charge in [-0.15, -0.1) is 0 Å². The largest absolute Gasteiger partial charge is 0.371 e. The SMILES string of the molecule is Cc1cc(F)cc(N(C)C2CCN(S(=O)(=O)c3ccccc3)CC2)c1. The van der Waals surface area contributed by atoms with Crippen LogP contribution in [0, 0.1) is 12.7 Å². The van der Waals surface area contributed by atoms with Crippen LogP contribution in [-0.2, 0) is 10.0 Å². The first-order valence-corrected chi connectivity index (χ1v) is 9.87. The highest BCUT2D eigenvalue weighted by Crippen LogP contribution is 2.26. The first-order chi connectivity index (χ1) is 11.9. The number of hydrogen-bond acceptors (Lipinski definition) is 3. The second-order valence-corrected chi connectivity index (χ2v) is 8.48. The molecule has 3 rings (SSSR count). The Morgan fingerprint density at radius 1 is 1.08 bits per heavy atom. The Morgan fingerprint density at radius 3 is 2.32 bits per heavy atom. The summed E-state index contributed by atoms with van der Waals surface area (Å²) in [6.45, 7) is 2.82. The van der Waals surface area contributed by atoms with Crippen LogP contribution in [0.4, 0.5) is 10.1 Å². The number of aryl methyl sites for hydroxylation is 1. The van der Waals surface area contributed by atoms with E-state index in [0.29, 0.717) is 18.0 Å². The van der Waals surface area contributed by atoms with Crippen LogP contribution >= 0.6 is 0 Å². The van der Waals surface area contributed by atoms with Gasteiger partial charge in [0.1, 0.15) is 5.82 Å². The molecule has 0 N–H and O–H groups in total. The molecule has 0 unspecified atom stereocenters. The van der Waals surface area contributed by atoms with Crippen LogP contribution in [0.5, 0.6) is 0 Å². The molecule has 1 saturated heterocycles. The summed E-state index contributed by atoms with van der Waals surface area (Å²) < 4.78 is 40.6. The number of anilines is 1. The molecule has 0 bridgehead atoms. The molecule has 2 aromatic carbocycles. The Bertz CT molecular complexity index is 812. The van der Waals surface area contributed by atoms with Gasteiger partial charge in [0.05, 0.1) is 4.90 Å². The minimum atomic E-state index is -3.43. The zero-order valence-corrected chi connectivity index (χ0v) is 15.3. The van der Waals surface area contributed by atoms with E-state index in [2.05, 4.69) is 4.90 Å². The fourth-order valence-electron chi connectivity index (χ4n) is 3.34. The van der Waals surface area contributed by atoms with Crippen molar-refractivity contribution in [3.63, 3.8) is 0 Å². The minimum absolute atomic E-state index is 0.198. The topological polar surface area (TPSA) is 40.6 Å². The minimum Gasteiger partial charge on any atom is -0.371 e. The molecule has 0 atom stereocenters. The summed E-state index contributed by atoms with van der Waals surface area (Å²) in [4.78, 5) is 2.39. The second-order valence-electron chi connectivity index (χ2n) is 6.55. The summed E-state index contributed by atoms with van der Waals surface area (Å²) in [5.41, 5.74) is 1.72. The van der Waals surface area contributed by atoms with Crippen molar-refractivity contribution in [1.29, 1.82) is 0 Å². The zero-order valence-electron chi connectivity index (χ0n) is 14.5. The maximum absolute atomic E-state index is 13.6. The standard InChI is InChI=1S/C19H23FN2O2S/c1-15-12-16(20)14-18(13-15)21(2)17-8-10-22(11-9-17)25(23,24)19-6-4-3-5-7-19/h3-7,12-14,17H,8-11H2,1-2H3. The predicted octanol–water partition coefficient (Wildman–Crippen LogP) is 3.42. The maximum Gasteiger partial charge on any atom is 0.243 e. The Labute approximate surface area is 148 Å². The molecule has 0 aromatic heterocycles. The van der Waals surface area contributed by atoms with Gasteiger partial charge in [0.15, 0.2) is 0 Å². The molecule has 2 aromatic rings. The van der Waals surface area contributed by atoms with Crippen LogP contribution < -0.4 is 4.90 Å². The van der Waals surface area contributed by atoms with E-state index in [1.165, 1.54) is 12.1 Å². The zero-order chi connectivity index (χ0) is 18.0. The van der Waals surface area contributed by atoms with Gasteiger partial charge in [-0.1, -0.05) is 18.2 Å². The van der Waals surface area contributed by atoms with E-state index in [0.717, 1.165) is 24.1 Å². The van der Waals surface area contributed by atoms with E-state index < -0.39 is 10.0 Å². The van der Waals surface area contributed by atoms with Gasteiger partial charge in [0.25, 0.3) is 0 Å². The average molecular weight is 362 g/mol.